The largest absolute Gasteiger partial charge is 0.493 e. The highest BCUT2D eigenvalue weighted by molar-refractivity contribution is 5.99. The van der Waals surface area contributed by atoms with Crippen LogP contribution in [0.4, 0.5) is 10.1 Å². The van der Waals surface area contributed by atoms with Crippen molar-refractivity contribution in [3.05, 3.63) is 96.1 Å². The molecule has 0 saturated heterocycles. The van der Waals surface area contributed by atoms with Gasteiger partial charge in [0, 0.05) is 34.3 Å². The molecule has 4 nitrogen and oxygen atoms in total. The van der Waals surface area contributed by atoms with Crippen molar-refractivity contribution in [3.63, 3.8) is 0 Å². The fourth-order valence-corrected chi connectivity index (χ4v) is 3.43. The molecule has 1 aromatic heterocycles. The van der Waals surface area contributed by atoms with Crippen LogP contribution in [0.15, 0.2) is 73.5 Å². The summed E-state index contributed by atoms with van der Waals surface area (Å²) < 4.78 is 19.7. The normalized spacial score (nSPS) is 11.2. The van der Waals surface area contributed by atoms with Crippen molar-refractivity contribution in [3.8, 4) is 16.9 Å². The van der Waals surface area contributed by atoms with Crippen molar-refractivity contribution in [1.82, 2.24) is 4.98 Å². The van der Waals surface area contributed by atoms with Crippen molar-refractivity contribution in [2.45, 2.75) is 20.3 Å². The van der Waals surface area contributed by atoms with Crippen LogP contribution in [0.25, 0.3) is 16.7 Å². The SMILES string of the molecule is C=CC(=O)Nc1cccc(-c2cnc(C)c(/C(=C\CC)c3cccc(F)c3OC)c2)c1. The molecule has 0 aliphatic rings. The zero-order valence-electron chi connectivity index (χ0n) is 17.9. The zero-order valence-corrected chi connectivity index (χ0v) is 17.9. The molecule has 31 heavy (non-hydrogen) atoms. The summed E-state index contributed by atoms with van der Waals surface area (Å²) in [6, 6.07) is 14.4. The van der Waals surface area contributed by atoms with Crippen molar-refractivity contribution in [2.24, 2.45) is 0 Å². The second kappa shape index (κ2) is 9.85. The third kappa shape index (κ3) is 4.89. The maximum Gasteiger partial charge on any atom is 0.247 e. The molecule has 0 atom stereocenters. The van der Waals surface area contributed by atoms with Gasteiger partial charge in [0.05, 0.1) is 7.11 Å². The minimum absolute atomic E-state index is 0.209. The highest BCUT2D eigenvalue weighted by Gasteiger charge is 2.17. The molecule has 0 fully saturated rings. The van der Waals surface area contributed by atoms with Crippen LogP contribution >= 0.6 is 0 Å². The number of pyridine rings is 1. The highest BCUT2D eigenvalue weighted by atomic mass is 19.1. The highest BCUT2D eigenvalue weighted by Crippen LogP contribution is 2.36. The average molecular weight is 416 g/mol. The quantitative estimate of drug-likeness (QED) is 0.469. The summed E-state index contributed by atoms with van der Waals surface area (Å²) in [6.07, 6.45) is 5.83. The molecule has 0 aliphatic heterocycles. The number of nitrogens with zero attached hydrogens (tertiary/aromatic N) is 1. The lowest BCUT2D eigenvalue weighted by Crippen LogP contribution is -2.07. The number of carbonyl (C=O) groups is 1. The average Bonchev–Trinajstić information content (AvgIpc) is 2.78. The topological polar surface area (TPSA) is 51.2 Å². The number of halogens is 1. The number of hydrogen-bond acceptors (Lipinski definition) is 3. The van der Waals surface area contributed by atoms with Gasteiger partial charge >= 0.3 is 0 Å². The van der Waals surface area contributed by atoms with Gasteiger partial charge in [0.15, 0.2) is 11.6 Å². The number of benzene rings is 2. The summed E-state index contributed by atoms with van der Waals surface area (Å²) in [7, 11) is 1.47. The van der Waals surface area contributed by atoms with Gasteiger partial charge in [0.2, 0.25) is 5.91 Å². The van der Waals surface area contributed by atoms with E-state index in [-0.39, 0.29) is 11.7 Å². The molecule has 0 aliphatic carbocycles. The number of aryl methyl sites for hydroxylation is 1. The number of aromatic nitrogens is 1. The number of anilines is 1. The Morgan fingerprint density at radius 2 is 1.94 bits per heavy atom. The Kier molecular flexibility index (Phi) is 6.98. The van der Waals surface area contributed by atoms with Gasteiger partial charge in [-0.1, -0.05) is 43.8 Å². The van der Waals surface area contributed by atoms with Crippen molar-refractivity contribution >= 4 is 17.2 Å². The lowest BCUT2D eigenvalue weighted by Gasteiger charge is -2.16. The Labute approximate surface area is 182 Å². The molecule has 0 bridgehead atoms. The van der Waals surface area contributed by atoms with Gasteiger partial charge in [-0.25, -0.2) is 4.39 Å². The fraction of sp³-hybridized carbons (Fsp3) is 0.154. The molecule has 2 aromatic carbocycles. The Bertz CT molecular complexity index is 1150. The van der Waals surface area contributed by atoms with Crippen LogP contribution in [0.1, 0.15) is 30.2 Å². The van der Waals surface area contributed by atoms with Gasteiger partial charge in [-0.3, -0.25) is 9.78 Å². The number of carbonyl (C=O) groups excluding carboxylic acids is 1. The van der Waals surface area contributed by atoms with Gasteiger partial charge in [0.25, 0.3) is 0 Å². The molecule has 1 amide bonds. The van der Waals surface area contributed by atoms with Gasteiger partial charge in [0.1, 0.15) is 0 Å². The summed E-state index contributed by atoms with van der Waals surface area (Å²) in [4.78, 5) is 16.2. The molecule has 1 heterocycles. The van der Waals surface area contributed by atoms with Crippen molar-refractivity contribution < 1.29 is 13.9 Å². The van der Waals surface area contributed by atoms with E-state index in [1.165, 1.54) is 19.3 Å². The number of amides is 1. The minimum atomic E-state index is -0.408. The first-order chi connectivity index (χ1) is 15.0. The van der Waals surface area contributed by atoms with E-state index < -0.39 is 5.82 Å². The molecule has 0 saturated carbocycles. The number of para-hydroxylation sites is 1. The van der Waals surface area contributed by atoms with Crippen LogP contribution in [0.5, 0.6) is 5.75 Å². The monoisotopic (exact) mass is 416 g/mol. The van der Waals surface area contributed by atoms with E-state index in [9.17, 15) is 9.18 Å². The fourth-order valence-electron chi connectivity index (χ4n) is 3.43. The zero-order chi connectivity index (χ0) is 22.4. The maximum atomic E-state index is 14.4. The van der Waals surface area contributed by atoms with E-state index in [0.717, 1.165) is 34.4 Å². The first-order valence-electron chi connectivity index (χ1n) is 10.0. The number of allylic oxidation sites excluding steroid dienone is 1. The number of ether oxygens (including phenoxy) is 1. The van der Waals surface area contributed by atoms with Crippen LogP contribution in [-0.4, -0.2) is 18.0 Å². The van der Waals surface area contributed by atoms with E-state index in [2.05, 4.69) is 16.9 Å². The van der Waals surface area contributed by atoms with E-state index in [1.807, 2.05) is 56.3 Å². The van der Waals surface area contributed by atoms with Crippen LogP contribution in [0.2, 0.25) is 0 Å². The number of hydrogen-bond donors (Lipinski definition) is 1. The second-order valence-electron chi connectivity index (χ2n) is 6.98. The number of rotatable bonds is 7. The molecule has 3 aromatic rings. The van der Waals surface area contributed by atoms with Gasteiger partial charge < -0.3 is 10.1 Å². The summed E-state index contributed by atoms with van der Waals surface area (Å²) in [5, 5.41) is 2.77. The standard InChI is InChI=1S/C26H25FN2O2/c1-5-9-21(22-12-8-13-24(27)26(22)31-4)23-15-19(16-28-17(23)3)18-10-7-11-20(14-18)29-25(30)6-2/h6-16H,2,5H2,1,3-4H3,(H,29,30)/b21-9-. The van der Waals surface area contributed by atoms with Gasteiger partial charge in [-0.2, -0.15) is 0 Å². The molecule has 0 radical (unpaired) electrons. The van der Waals surface area contributed by atoms with E-state index >= 15 is 0 Å². The van der Waals surface area contributed by atoms with Crippen molar-refractivity contribution in [2.75, 3.05) is 12.4 Å². The summed E-state index contributed by atoms with van der Waals surface area (Å²) in [5.74, 6) is -0.471. The lowest BCUT2D eigenvalue weighted by atomic mass is 9.93. The second-order valence-corrected chi connectivity index (χ2v) is 6.98. The van der Waals surface area contributed by atoms with Gasteiger partial charge in [-0.15, -0.1) is 0 Å². The molecular weight excluding hydrogens is 391 g/mol. The third-order valence-corrected chi connectivity index (χ3v) is 4.90. The molecule has 0 spiro atoms. The van der Waals surface area contributed by atoms with Crippen LogP contribution in [0.3, 0.4) is 0 Å². The number of methoxy groups -OCH3 is 1. The molecule has 1 N–H and O–H groups in total. The number of nitrogens with one attached hydrogen (secondary N) is 1. The smallest absolute Gasteiger partial charge is 0.247 e. The Morgan fingerprint density at radius 1 is 1.16 bits per heavy atom. The summed E-state index contributed by atoms with van der Waals surface area (Å²) in [5.41, 5.74) is 5.71. The molecule has 3 rings (SSSR count). The van der Waals surface area contributed by atoms with Crippen LogP contribution < -0.4 is 10.1 Å². The van der Waals surface area contributed by atoms with Crippen LogP contribution in [-0.2, 0) is 4.79 Å². The van der Waals surface area contributed by atoms with E-state index in [1.54, 1.807) is 12.3 Å². The Balaban J connectivity index is 2.11. The first kappa shape index (κ1) is 22.0. The van der Waals surface area contributed by atoms with Crippen LogP contribution in [0, 0.1) is 12.7 Å². The van der Waals surface area contributed by atoms with Crippen molar-refractivity contribution in [1.29, 1.82) is 0 Å². The van der Waals surface area contributed by atoms with E-state index in [0.29, 0.717) is 11.3 Å². The first-order valence-corrected chi connectivity index (χ1v) is 10.0. The predicted octanol–water partition coefficient (Wildman–Crippen LogP) is 6.17. The maximum absolute atomic E-state index is 14.4. The molecular formula is C26H25FN2O2. The predicted molar refractivity (Wildman–Crippen MR) is 124 cm³/mol. The lowest BCUT2D eigenvalue weighted by molar-refractivity contribution is -0.111. The Hall–Kier alpha value is -3.73. The van der Waals surface area contributed by atoms with Gasteiger partial charge in [-0.05, 0) is 54.8 Å². The summed E-state index contributed by atoms with van der Waals surface area (Å²) >= 11 is 0. The molecule has 158 valence electrons. The summed E-state index contributed by atoms with van der Waals surface area (Å²) in [6.45, 7) is 7.44. The Morgan fingerprint density at radius 3 is 2.65 bits per heavy atom. The molecule has 0 unspecified atom stereocenters. The third-order valence-electron chi connectivity index (χ3n) is 4.90. The minimum Gasteiger partial charge on any atom is -0.493 e. The van der Waals surface area contributed by atoms with E-state index in [4.69, 9.17) is 4.74 Å². The molecule has 5 heteroatoms.